The van der Waals surface area contributed by atoms with E-state index in [1.54, 1.807) is 0 Å². The summed E-state index contributed by atoms with van der Waals surface area (Å²) in [5.74, 6) is -0.946. The van der Waals surface area contributed by atoms with E-state index in [0.29, 0.717) is 32.4 Å². The second kappa shape index (κ2) is 8.82. The zero-order valence-electron chi connectivity index (χ0n) is 19.2. The highest BCUT2D eigenvalue weighted by Gasteiger charge is 2.52. The Kier molecular flexibility index (Phi) is 5.87. The van der Waals surface area contributed by atoms with Gasteiger partial charge in [-0.15, -0.1) is 0 Å². The molecule has 2 saturated heterocycles. The topological polar surface area (TPSA) is 70.1 Å². The number of hydrogen-bond acceptors (Lipinski definition) is 4. The minimum absolute atomic E-state index is 0.0396. The predicted molar refractivity (Wildman–Crippen MR) is 126 cm³/mol. The third-order valence-corrected chi connectivity index (χ3v) is 7.80. The van der Waals surface area contributed by atoms with Crippen LogP contribution in [0.5, 0.6) is 0 Å². The number of carbonyl (C=O) groups is 2. The number of rotatable bonds is 6. The third-order valence-electron chi connectivity index (χ3n) is 7.80. The third kappa shape index (κ3) is 3.70. The van der Waals surface area contributed by atoms with Gasteiger partial charge in [0.25, 0.3) is 0 Å². The molecule has 2 atom stereocenters. The van der Waals surface area contributed by atoms with Gasteiger partial charge in [0.05, 0.1) is 0 Å². The van der Waals surface area contributed by atoms with Gasteiger partial charge in [0, 0.05) is 25.0 Å². The molecule has 3 aliphatic rings. The van der Waals surface area contributed by atoms with Gasteiger partial charge in [-0.2, -0.15) is 0 Å². The number of hydrogen-bond donors (Lipinski definition) is 1. The summed E-state index contributed by atoms with van der Waals surface area (Å²) in [5, 5.41) is 10.3. The average molecular weight is 449 g/mol. The Morgan fingerprint density at radius 1 is 1.09 bits per heavy atom. The molecule has 2 aromatic rings. The van der Waals surface area contributed by atoms with Crippen LogP contribution in [0.25, 0.3) is 11.1 Å². The summed E-state index contributed by atoms with van der Waals surface area (Å²) in [6.07, 6.45) is 3.20. The first-order chi connectivity index (χ1) is 16.0. The fraction of sp³-hybridized carbons (Fsp3) is 0.481. The molecule has 33 heavy (non-hydrogen) atoms. The first kappa shape index (κ1) is 22.0. The lowest BCUT2D eigenvalue weighted by molar-refractivity contribution is -0.155. The van der Waals surface area contributed by atoms with Crippen LogP contribution in [0.1, 0.15) is 56.1 Å². The van der Waals surface area contributed by atoms with Crippen molar-refractivity contribution in [1.82, 2.24) is 9.80 Å². The maximum absolute atomic E-state index is 13.4. The molecule has 0 radical (unpaired) electrons. The van der Waals surface area contributed by atoms with Crippen molar-refractivity contribution in [3.63, 3.8) is 0 Å². The van der Waals surface area contributed by atoms with E-state index < -0.39 is 17.6 Å². The summed E-state index contributed by atoms with van der Waals surface area (Å²) in [6.45, 7) is 4.31. The fourth-order valence-electron chi connectivity index (χ4n) is 6.17. The van der Waals surface area contributed by atoms with Crippen LogP contribution < -0.4 is 0 Å². The van der Waals surface area contributed by atoms with Crippen LogP contribution in [0, 0.1) is 0 Å². The van der Waals surface area contributed by atoms with Crippen LogP contribution in [0.4, 0.5) is 4.79 Å². The molecule has 5 rings (SSSR count). The van der Waals surface area contributed by atoms with E-state index in [9.17, 15) is 14.7 Å². The quantitative estimate of drug-likeness (QED) is 0.692. The molecule has 0 saturated carbocycles. The van der Waals surface area contributed by atoms with Crippen molar-refractivity contribution < 1.29 is 19.4 Å². The second-order valence-electron chi connectivity index (χ2n) is 9.58. The molecule has 6 nitrogen and oxygen atoms in total. The highest BCUT2D eigenvalue weighted by molar-refractivity contribution is 5.85. The molecule has 1 amide bonds. The maximum Gasteiger partial charge on any atom is 0.410 e. The normalized spacial score (nSPS) is 24.1. The van der Waals surface area contributed by atoms with E-state index >= 15 is 0 Å². The highest BCUT2D eigenvalue weighted by Crippen LogP contribution is 2.45. The van der Waals surface area contributed by atoms with Gasteiger partial charge < -0.3 is 14.7 Å². The number of aliphatic carboxylic acids is 1. The Morgan fingerprint density at radius 2 is 1.76 bits per heavy atom. The molecule has 1 N–H and O–H groups in total. The van der Waals surface area contributed by atoms with Crippen molar-refractivity contribution in [2.75, 3.05) is 26.2 Å². The molecule has 174 valence electrons. The summed E-state index contributed by atoms with van der Waals surface area (Å²) < 4.78 is 5.90. The van der Waals surface area contributed by atoms with Crippen molar-refractivity contribution in [2.45, 2.75) is 56.5 Å². The van der Waals surface area contributed by atoms with Crippen molar-refractivity contribution in [2.24, 2.45) is 0 Å². The zero-order chi connectivity index (χ0) is 23.0. The molecular formula is C27H32N2O4. The van der Waals surface area contributed by atoms with Gasteiger partial charge in [0.1, 0.15) is 12.1 Å². The number of amides is 1. The van der Waals surface area contributed by atoms with Gasteiger partial charge in [0.2, 0.25) is 0 Å². The summed E-state index contributed by atoms with van der Waals surface area (Å²) in [6, 6.07) is 16.7. The largest absolute Gasteiger partial charge is 0.479 e. The Balaban J connectivity index is 1.38. The smallest absolute Gasteiger partial charge is 0.410 e. The number of benzene rings is 2. The molecule has 0 spiro atoms. The first-order valence-corrected chi connectivity index (χ1v) is 12.1. The molecule has 6 heteroatoms. The van der Waals surface area contributed by atoms with E-state index in [-0.39, 0.29) is 18.6 Å². The van der Waals surface area contributed by atoms with Crippen molar-refractivity contribution in [3.05, 3.63) is 59.7 Å². The number of carboxylic acid groups (broad SMARTS) is 1. The van der Waals surface area contributed by atoms with Crippen LogP contribution in [-0.2, 0) is 9.53 Å². The molecule has 0 aromatic heterocycles. The molecule has 1 aliphatic carbocycles. The van der Waals surface area contributed by atoms with Crippen molar-refractivity contribution in [3.8, 4) is 11.1 Å². The Morgan fingerprint density at radius 3 is 2.39 bits per heavy atom. The number of carboxylic acids is 1. The number of piperidine rings is 1. The monoisotopic (exact) mass is 448 g/mol. The summed E-state index contributed by atoms with van der Waals surface area (Å²) in [7, 11) is 0. The zero-order valence-corrected chi connectivity index (χ0v) is 19.2. The second-order valence-corrected chi connectivity index (χ2v) is 9.58. The van der Waals surface area contributed by atoms with E-state index in [1.807, 2.05) is 31.2 Å². The summed E-state index contributed by atoms with van der Waals surface area (Å²) in [5.41, 5.74) is 3.47. The molecule has 0 bridgehead atoms. The van der Waals surface area contributed by atoms with Crippen molar-refractivity contribution >= 4 is 12.1 Å². The van der Waals surface area contributed by atoms with Gasteiger partial charge >= 0.3 is 12.1 Å². The number of nitrogens with zero attached hydrogens (tertiary/aromatic N) is 2. The Hall–Kier alpha value is -2.86. The lowest BCUT2D eigenvalue weighted by Gasteiger charge is -2.47. The Bertz CT molecular complexity index is 1010. The number of fused-ring (bicyclic) bond motifs is 4. The van der Waals surface area contributed by atoms with Gasteiger partial charge in [-0.3, -0.25) is 4.90 Å². The predicted octanol–water partition coefficient (Wildman–Crippen LogP) is 4.73. The minimum atomic E-state index is -1.19. The highest BCUT2D eigenvalue weighted by atomic mass is 16.6. The van der Waals surface area contributed by atoms with Gasteiger partial charge in [-0.05, 0) is 60.9 Å². The van der Waals surface area contributed by atoms with Crippen LogP contribution in [0.2, 0.25) is 0 Å². The Labute approximate surface area is 195 Å². The molecule has 2 aliphatic heterocycles. The van der Waals surface area contributed by atoms with E-state index in [2.05, 4.69) is 29.2 Å². The maximum atomic E-state index is 13.4. The minimum Gasteiger partial charge on any atom is -0.479 e. The SMILES string of the molecule is CCCN(C(=O)OCC1c2ccccc2-c2ccccc21)C1(C(=O)O)CCN2CCCC2C1. The molecule has 2 unspecified atom stereocenters. The molecule has 2 fully saturated rings. The van der Waals surface area contributed by atoms with Crippen LogP contribution in [-0.4, -0.2) is 64.8 Å². The number of ether oxygens (including phenoxy) is 1. The van der Waals surface area contributed by atoms with Crippen LogP contribution in [0.3, 0.4) is 0 Å². The van der Waals surface area contributed by atoms with E-state index in [1.165, 1.54) is 16.0 Å². The standard InChI is InChI=1S/C27H32N2O4/c1-2-14-29(27(25(30)31)13-16-28-15-7-8-19(28)17-27)26(32)33-18-24-22-11-5-3-9-20(22)21-10-4-6-12-23(21)24/h3-6,9-12,19,24H,2,7-8,13-18H2,1H3,(H,30,31). The van der Waals surface area contributed by atoms with Gasteiger partial charge in [-0.1, -0.05) is 55.5 Å². The average Bonchev–Trinajstić information content (AvgIpc) is 3.42. The van der Waals surface area contributed by atoms with Crippen LogP contribution in [0.15, 0.2) is 48.5 Å². The lowest BCUT2D eigenvalue weighted by atomic mass is 9.81. The van der Waals surface area contributed by atoms with E-state index in [0.717, 1.165) is 30.5 Å². The molecule has 2 heterocycles. The first-order valence-electron chi connectivity index (χ1n) is 12.1. The van der Waals surface area contributed by atoms with Gasteiger partial charge in [0.15, 0.2) is 0 Å². The number of carbonyl (C=O) groups excluding carboxylic acids is 1. The molecular weight excluding hydrogens is 416 g/mol. The molecule has 2 aromatic carbocycles. The van der Waals surface area contributed by atoms with Crippen LogP contribution >= 0.6 is 0 Å². The summed E-state index contributed by atoms with van der Waals surface area (Å²) >= 11 is 0. The van der Waals surface area contributed by atoms with E-state index in [4.69, 9.17) is 4.74 Å². The van der Waals surface area contributed by atoms with Crippen molar-refractivity contribution in [1.29, 1.82) is 0 Å². The fourth-order valence-corrected chi connectivity index (χ4v) is 6.17. The lowest BCUT2D eigenvalue weighted by Crippen LogP contribution is -2.63. The van der Waals surface area contributed by atoms with Gasteiger partial charge in [-0.25, -0.2) is 9.59 Å². The summed E-state index contributed by atoms with van der Waals surface area (Å²) in [4.78, 5) is 30.0.